The van der Waals surface area contributed by atoms with Gasteiger partial charge in [0.2, 0.25) is 0 Å². The van der Waals surface area contributed by atoms with Crippen LogP contribution >= 0.6 is 27.5 Å². The van der Waals surface area contributed by atoms with Crippen molar-refractivity contribution < 1.29 is 14.3 Å². The Hall–Kier alpha value is -1.56. The van der Waals surface area contributed by atoms with Crippen LogP contribution in [0.5, 0.6) is 5.75 Å². The van der Waals surface area contributed by atoms with Gasteiger partial charge in [0.15, 0.2) is 0 Å². The number of ether oxygens (including phenoxy) is 2. The topological polar surface area (TPSA) is 47.6 Å². The third-order valence-corrected chi connectivity index (χ3v) is 3.58. The summed E-state index contributed by atoms with van der Waals surface area (Å²) in [5, 5.41) is 3.43. The van der Waals surface area contributed by atoms with E-state index in [1.807, 2.05) is 6.07 Å². The summed E-state index contributed by atoms with van der Waals surface area (Å²) in [5.74, 6) is 0.253. The predicted molar refractivity (Wildman–Crippen MR) is 90.9 cm³/mol. The Bertz CT molecular complexity index is 646. The smallest absolute Gasteiger partial charge is 0.259 e. The Labute approximate surface area is 142 Å². The average molecular weight is 385 g/mol. The highest BCUT2D eigenvalue weighted by Crippen LogP contribution is 2.24. The molecule has 0 unspecified atom stereocenters. The molecular weight excluding hydrogens is 370 g/mol. The van der Waals surface area contributed by atoms with E-state index in [1.54, 1.807) is 43.5 Å². The molecule has 0 saturated carbocycles. The number of hydrogen-bond acceptors (Lipinski definition) is 3. The van der Waals surface area contributed by atoms with Gasteiger partial charge in [-0.1, -0.05) is 27.5 Å². The minimum Gasteiger partial charge on any atom is -0.490 e. The van der Waals surface area contributed by atoms with Crippen LogP contribution in [0.2, 0.25) is 5.02 Å². The van der Waals surface area contributed by atoms with Crippen molar-refractivity contribution in [2.24, 2.45) is 0 Å². The van der Waals surface area contributed by atoms with Crippen LogP contribution in [0.4, 0.5) is 5.69 Å². The summed E-state index contributed by atoms with van der Waals surface area (Å²) in [6, 6.07) is 12.2. The monoisotopic (exact) mass is 383 g/mol. The SMILES string of the molecule is COCCOc1ccc(Br)cc1C(=O)Nc1ccc(Cl)cc1. The fraction of sp³-hybridized carbons (Fsp3) is 0.188. The molecule has 4 nitrogen and oxygen atoms in total. The molecule has 0 aliphatic carbocycles. The van der Waals surface area contributed by atoms with E-state index in [4.69, 9.17) is 21.1 Å². The van der Waals surface area contributed by atoms with Crippen molar-refractivity contribution in [1.82, 2.24) is 0 Å². The molecule has 1 amide bonds. The normalized spacial score (nSPS) is 10.3. The number of methoxy groups -OCH3 is 1. The summed E-state index contributed by atoms with van der Waals surface area (Å²) in [5.41, 5.74) is 1.11. The summed E-state index contributed by atoms with van der Waals surface area (Å²) in [4.78, 5) is 12.4. The highest BCUT2D eigenvalue weighted by molar-refractivity contribution is 9.10. The maximum atomic E-state index is 12.4. The molecule has 0 aliphatic heterocycles. The first-order chi connectivity index (χ1) is 10.6. The van der Waals surface area contributed by atoms with Gasteiger partial charge < -0.3 is 14.8 Å². The zero-order valence-electron chi connectivity index (χ0n) is 11.9. The van der Waals surface area contributed by atoms with E-state index in [2.05, 4.69) is 21.2 Å². The second-order valence-corrected chi connectivity index (χ2v) is 5.79. The standard InChI is InChI=1S/C16H15BrClNO3/c1-21-8-9-22-15-7-2-11(17)10-14(15)16(20)19-13-5-3-12(18)4-6-13/h2-7,10H,8-9H2,1H3,(H,19,20). The zero-order chi connectivity index (χ0) is 15.9. The molecule has 6 heteroatoms. The first-order valence-electron chi connectivity index (χ1n) is 6.58. The van der Waals surface area contributed by atoms with E-state index >= 15 is 0 Å². The Balaban J connectivity index is 2.16. The highest BCUT2D eigenvalue weighted by atomic mass is 79.9. The number of carbonyl (C=O) groups excluding carboxylic acids is 1. The number of nitrogens with one attached hydrogen (secondary N) is 1. The summed E-state index contributed by atoms with van der Waals surface area (Å²) in [7, 11) is 1.60. The van der Waals surface area contributed by atoms with Crippen molar-refractivity contribution in [2.45, 2.75) is 0 Å². The summed E-state index contributed by atoms with van der Waals surface area (Å²) >= 11 is 9.20. The second kappa shape index (κ2) is 8.17. The minimum absolute atomic E-state index is 0.254. The molecule has 22 heavy (non-hydrogen) atoms. The van der Waals surface area contributed by atoms with Crippen molar-refractivity contribution in [3.05, 3.63) is 57.5 Å². The van der Waals surface area contributed by atoms with E-state index in [1.165, 1.54) is 0 Å². The van der Waals surface area contributed by atoms with E-state index in [0.29, 0.717) is 35.2 Å². The zero-order valence-corrected chi connectivity index (χ0v) is 14.3. The van der Waals surface area contributed by atoms with Crippen molar-refractivity contribution in [3.63, 3.8) is 0 Å². The largest absolute Gasteiger partial charge is 0.490 e. The first-order valence-corrected chi connectivity index (χ1v) is 7.75. The van der Waals surface area contributed by atoms with Crippen LogP contribution in [-0.4, -0.2) is 26.2 Å². The van der Waals surface area contributed by atoms with Crippen LogP contribution in [0.15, 0.2) is 46.9 Å². The van der Waals surface area contributed by atoms with Crippen LogP contribution in [0, 0.1) is 0 Å². The summed E-state index contributed by atoms with van der Waals surface area (Å²) in [6.07, 6.45) is 0. The number of rotatable bonds is 6. The average Bonchev–Trinajstić information content (AvgIpc) is 2.51. The van der Waals surface area contributed by atoms with Crippen molar-refractivity contribution in [1.29, 1.82) is 0 Å². The van der Waals surface area contributed by atoms with Crippen molar-refractivity contribution in [3.8, 4) is 5.75 Å². The fourth-order valence-electron chi connectivity index (χ4n) is 1.77. The molecule has 0 fully saturated rings. The van der Waals surface area contributed by atoms with Crippen LogP contribution < -0.4 is 10.1 Å². The van der Waals surface area contributed by atoms with Crippen LogP contribution in [0.3, 0.4) is 0 Å². The molecule has 0 aliphatic rings. The molecule has 116 valence electrons. The number of halogens is 2. The molecule has 0 bridgehead atoms. The summed E-state index contributed by atoms with van der Waals surface area (Å²) in [6.45, 7) is 0.827. The molecule has 0 saturated heterocycles. The maximum absolute atomic E-state index is 12.4. The van der Waals surface area contributed by atoms with E-state index < -0.39 is 0 Å². The number of hydrogen-bond donors (Lipinski definition) is 1. The number of carbonyl (C=O) groups is 1. The molecule has 1 N–H and O–H groups in total. The van der Waals surface area contributed by atoms with Crippen LogP contribution in [-0.2, 0) is 4.74 Å². The Kier molecular flexibility index (Phi) is 6.24. The van der Waals surface area contributed by atoms with Crippen LogP contribution in [0.25, 0.3) is 0 Å². The molecule has 2 rings (SSSR count). The third kappa shape index (κ3) is 4.73. The van der Waals surface area contributed by atoms with Gasteiger partial charge in [-0.3, -0.25) is 4.79 Å². The van der Waals surface area contributed by atoms with E-state index in [0.717, 1.165) is 4.47 Å². The van der Waals surface area contributed by atoms with Gasteiger partial charge in [-0.2, -0.15) is 0 Å². The lowest BCUT2D eigenvalue weighted by molar-refractivity contribution is 0.101. The van der Waals surface area contributed by atoms with E-state index in [-0.39, 0.29) is 5.91 Å². The lowest BCUT2D eigenvalue weighted by Gasteiger charge is -2.12. The summed E-state index contributed by atoms with van der Waals surface area (Å²) < 4.78 is 11.3. The van der Waals surface area contributed by atoms with Gasteiger partial charge >= 0.3 is 0 Å². The minimum atomic E-state index is -0.254. The molecule has 0 atom stereocenters. The maximum Gasteiger partial charge on any atom is 0.259 e. The number of anilines is 1. The second-order valence-electron chi connectivity index (χ2n) is 4.44. The molecular formula is C16H15BrClNO3. The first kappa shape index (κ1) is 16.8. The Morgan fingerprint density at radius 2 is 1.91 bits per heavy atom. The van der Waals surface area contributed by atoms with Crippen molar-refractivity contribution >= 4 is 39.1 Å². The molecule has 0 aromatic heterocycles. The molecule has 2 aromatic carbocycles. The molecule has 0 heterocycles. The van der Waals surface area contributed by atoms with Gasteiger partial charge in [-0.15, -0.1) is 0 Å². The van der Waals surface area contributed by atoms with Gasteiger partial charge in [0.05, 0.1) is 12.2 Å². The molecule has 0 spiro atoms. The molecule has 0 radical (unpaired) electrons. The van der Waals surface area contributed by atoms with Gasteiger partial charge in [0.25, 0.3) is 5.91 Å². The Morgan fingerprint density at radius 3 is 2.59 bits per heavy atom. The number of amides is 1. The van der Waals surface area contributed by atoms with Gasteiger partial charge in [-0.05, 0) is 42.5 Å². The van der Waals surface area contributed by atoms with Crippen LogP contribution in [0.1, 0.15) is 10.4 Å². The Morgan fingerprint density at radius 1 is 1.18 bits per heavy atom. The quantitative estimate of drug-likeness (QED) is 0.752. The van der Waals surface area contributed by atoms with Crippen molar-refractivity contribution in [2.75, 3.05) is 25.6 Å². The predicted octanol–water partition coefficient (Wildman–Crippen LogP) is 4.38. The highest BCUT2D eigenvalue weighted by Gasteiger charge is 2.13. The molecule has 2 aromatic rings. The van der Waals surface area contributed by atoms with Gasteiger partial charge in [-0.25, -0.2) is 0 Å². The van der Waals surface area contributed by atoms with Gasteiger partial charge in [0.1, 0.15) is 12.4 Å². The van der Waals surface area contributed by atoms with Gasteiger partial charge in [0, 0.05) is 22.3 Å². The lowest BCUT2D eigenvalue weighted by Crippen LogP contribution is -2.15. The third-order valence-electron chi connectivity index (χ3n) is 2.83. The fourth-order valence-corrected chi connectivity index (χ4v) is 2.26. The number of benzene rings is 2. The van der Waals surface area contributed by atoms with E-state index in [9.17, 15) is 4.79 Å². The lowest BCUT2D eigenvalue weighted by atomic mass is 10.2.